The van der Waals surface area contributed by atoms with Gasteiger partial charge < -0.3 is 11.1 Å². The molecule has 1 atom stereocenters. The maximum Gasteiger partial charge on any atom is 0.236 e. The summed E-state index contributed by atoms with van der Waals surface area (Å²) in [6, 6.07) is -0.510. The van der Waals surface area contributed by atoms with E-state index in [1.165, 1.54) is 0 Å². The SMILES string of the molecule is CCCC(N)C(=O)NCCCS(N)(=O)=O. The van der Waals surface area contributed by atoms with Gasteiger partial charge in [0.15, 0.2) is 0 Å². The van der Waals surface area contributed by atoms with Gasteiger partial charge in [0.25, 0.3) is 0 Å². The van der Waals surface area contributed by atoms with E-state index in [1.54, 1.807) is 0 Å². The van der Waals surface area contributed by atoms with Crippen molar-refractivity contribution < 1.29 is 13.2 Å². The molecule has 7 heteroatoms. The number of carbonyl (C=O) groups is 1. The zero-order chi connectivity index (χ0) is 11.9. The average molecular weight is 237 g/mol. The van der Waals surface area contributed by atoms with E-state index in [2.05, 4.69) is 5.32 Å². The van der Waals surface area contributed by atoms with E-state index in [0.29, 0.717) is 12.8 Å². The fraction of sp³-hybridized carbons (Fsp3) is 0.875. The van der Waals surface area contributed by atoms with E-state index in [4.69, 9.17) is 10.9 Å². The van der Waals surface area contributed by atoms with Crippen LogP contribution in [0.25, 0.3) is 0 Å². The highest BCUT2D eigenvalue weighted by atomic mass is 32.2. The lowest BCUT2D eigenvalue weighted by atomic mass is 10.2. The van der Waals surface area contributed by atoms with Crippen LogP contribution < -0.4 is 16.2 Å². The van der Waals surface area contributed by atoms with Gasteiger partial charge in [-0.25, -0.2) is 13.6 Å². The average Bonchev–Trinajstić information content (AvgIpc) is 2.11. The smallest absolute Gasteiger partial charge is 0.236 e. The van der Waals surface area contributed by atoms with Crippen molar-refractivity contribution in [3.05, 3.63) is 0 Å². The van der Waals surface area contributed by atoms with Gasteiger partial charge in [0.1, 0.15) is 0 Å². The summed E-state index contributed by atoms with van der Waals surface area (Å²) in [5.41, 5.74) is 5.54. The fourth-order valence-corrected chi connectivity index (χ4v) is 1.60. The standard InChI is InChI=1S/C8H19N3O3S/c1-2-4-7(9)8(12)11-5-3-6-15(10,13)14/h7H,2-6,9H2,1H3,(H,11,12)(H2,10,13,14). The topological polar surface area (TPSA) is 115 Å². The summed E-state index contributed by atoms with van der Waals surface area (Å²) in [5, 5.41) is 7.35. The van der Waals surface area contributed by atoms with E-state index >= 15 is 0 Å². The highest BCUT2D eigenvalue weighted by molar-refractivity contribution is 7.89. The van der Waals surface area contributed by atoms with Crippen LogP contribution in [0.3, 0.4) is 0 Å². The Bertz CT molecular complexity index is 290. The molecule has 0 saturated heterocycles. The lowest BCUT2D eigenvalue weighted by Gasteiger charge is -2.10. The van der Waals surface area contributed by atoms with Crippen molar-refractivity contribution in [1.29, 1.82) is 0 Å². The number of carbonyl (C=O) groups excluding carboxylic acids is 1. The molecule has 0 fully saturated rings. The Morgan fingerprint density at radius 3 is 2.53 bits per heavy atom. The second-order valence-electron chi connectivity index (χ2n) is 3.41. The van der Waals surface area contributed by atoms with Crippen LogP contribution >= 0.6 is 0 Å². The molecule has 90 valence electrons. The molecule has 6 nitrogen and oxygen atoms in total. The molecule has 0 heterocycles. The summed E-state index contributed by atoms with van der Waals surface area (Å²) in [6.07, 6.45) is 1.77. The van der Waals surface area contributed by atoms with Crippen molar-refractivity contribution in [3.8, 4) is 0 Å². The van der Waals surface area contributed by atoms with Gasteiger partial charge in [-0.15, -0.1) is 0 Å². The van der Waals surface area contributed by atoms with E-state index in [-0.39, 0.29) is 18.2 Å². The maximum atomic E-state index is 11.2. The summed E-state index contributed by atoms with van der Waals surface area (Å²) in [7, 11) is -3.44. The van der Waals surface area contributed by atoms with Crippen LogP contribution in [0, 0.1) is 0 Å². The molecule has 1 amide bonds. The molecule has 0 aromatic carbocycles. The van der Waals surface area contributed by atoms with E-state index in [1.807, 2.05) is 6.92 Å². The zero-order valence-electron chi connectivity index (χ0n) is 8.90. The Kier molecular flexibility index (Phi) is 6.46. The lowest BCUT2D eigenvalue weighted by molar-refractivity contribution is -0.122. The minimum Gasteiger partial charge on any atom is -0.355 e. The number of primary sulfonamides is 1. The predicted molar refractivity (Wildman–Crippen MR) is 58.5 cm³/mol. The molecule has 0 aromatic rings. The molecule has 1 unspecified atom stereocenters. The number of hydrogen-bond donors (Lipinski definition) is 3. The molecule has 0 bridgehead atoms. The molecule has 0 radical (unpaired) electrons. The Balaban J connectivity index is 3.64. The summed E-state index contributed by atoms with van der Waals surface area (Å²) >= 11 is 0. The molecule has 0 aromatic heterocycles. The van der Waals surface area contributed by atoms with Crippen molar-refractivity contribution in [2.24, 2.45) is 10.9 Å². The van der Waals surface area contributed by atoms with Crippen molar-refractivity contribution in [3.63, 3.8) is 0 Å². The van der Waals surface area contributed by atoms with Crippen LogP contribution in [0.2, 0.25) is 0 Å². The first kappa shape index (κ1) is 14.3. The number of hydrogen-bond acceptors (Lipinski definition) is 4. The minimum atomic E-state index is -3.44. The zero-order valence-corrected chi connectivity index (χ0v) is 9.72. The number of sulfonamides is 1. The third-order valence-corrected chi connectivity index (χ3v) is 2.70. The van der Waals surface area contributed by atoms with Crippen molar-refractivity contribution in [2.75, 3.05) is 12.3 Å². The van der Waals surface area contributed by atoms with Crippen molar-refractivity contribution in [1.82, 2.24) is 5.32 Å². The van der Waals surface area contributed by atoms with Gasteiger partial charge in [0.2, 0.25) is 15.9 Å². The monoisotopic (exact) mass is 237 g/mol. The lowest BCUT2D eigenvalue weighted by Crippen LogP contribution is -2.41. The molecule has 0 spiro atoms. The van der Waals surface area contributed by atoms with E-state index < -0.39 is 16.1 Å². The Labute approximate surface area is 90.4 Å². The Morgan fingerprint density at radius 1 is 1.47 bits per heavy atom. The predicted octanol–water partition coefficient (Wildman–Crippen LogP) is -1.09. The van der Waals surface area contributed by atoms with Gasteiger partial charge in [-0.05, 0) is 12.8 Å². The normalized spacial score (nSPS) is 13.5. The largest absolute Gasteiger partial charge is 0.355 e. The van der Waals surface area contributed by atoms with Crippen LogP contribution in [0.5, 0.6) is 0 Å². The van der Waals surface area contributed by atoms with Crippen LogP contribution in [-0.4, -0.2) is 32.7 Å². The fourth-order valence-electron chi connectivity index (χ4n) is 1.06. The second-order valence-corrected chi connectivity index (χ2v) is 5.14. The first-order valence-corrected chi connectivity index (χ1v) is 6.62. The van der Waals surface area contributed by atoms with Gasteiger partial charge in [0, 0.05) is 6.54 Å². The summed E-state index contributed by atoms with van der Waals surface area (Å²) in [5.74, 6) is -0.373. The summed E-state index contributed by atoms with van der Waals surface area (Å²) in [4.78, 5) is 11.2. The number of nitrogens with one attached hydrogen (secondary N) is 1. The number of rotatable bonds is 7. The van der Waals surface area contributed by atoms with Crippen molar-refractivity contribution in [2.45, 2.75) is 32.2 Å². The van der Waals surface area contributed by atoms with Gasteiger partial charge >= 0.3 is 0 Å². The molecule has 0 saturated carbocycles. The molecule has 0 aliphatic carbocycles. The van der Waals surface area contributed by atoms with Gasteiger partial charge in [0.05, 0.1) is 11.8 Å². The third-order valence-electron chi connectivity index (χ3n) is 1.84. The third kappa shape index (κ3) is 8.34. The molecular formula is C8H19N3O3S. The van der Waals surface area contributed by atoms with Gasteiger partial charge in [-0.1, -0.05) is 13.3 Å². The van der Waals surface area contributed by atoms with E-state index in [9.17, 15) is 13.2 Å². The first-order valence-electron chi connectivity index (χ1n) is 4.90. The molecule has 0 aliphatic heterocycles. The minimum absolute atomic E-state index is 0.129. The summed E-state index contributed by atoms with van der Waals surface area (Å²) < 4.78 is 21.1. The van der Waals surface area contributed by atoms with Crippen LogP contribution in [0.15, 0.2) is 0 Å². The maximum absolute atomic E-state index is 11.2. The highest BCUT2D eigenvalue weighted by Gasteiger charge is 2.11. The van der Waals surface area contributed by atoms with Crippen LogP contribution in [-0.2, 0) is 14.8 Å². The molecule has 0 rings (SSSR count). The van der Waals surface area contributed by atoms with E-state index in [0.717, 1.165) is 6.42 Å². The van der Waals surface area contributed by atoms with Gasteiger partial charge in [-0.2, -0.15) is 0 Å². The Hall–Kier alpha value is -0.660. The molecule has 0 aliphatic rings. The molecular weight excluding hydrogens is 218 g/mol. The van der Waals surface area contributed by atoms with Crippen LogP contribution in [0.4, 0.5) is 0 Å². The van der Waals surface area contributed by atoms with Crippen molar-refractivity contribution >= 4 is 15.9 Å². The quantitative estimate of drug-likeness (QED) is 0.488. The molecule has 15 heavy (non-hydrogen) atoms. The summed E-state index contributed by atoms with van der Waals surface area (Å²) in [6.45, 7) is 2.22. The first-order chi connectivity index (χ1) is 6.87. The van der Waals surface area contributed by atoms with Crippen LogP contribution in [0.1, 0.15) is 26.2 Å². The molecule has 5 N–H and O–H groups in total. The number of nitrogens with two attached hydrogens (primary N) is 2. The number of amides is 1. The Morgan fingerprint density at radius 2 is 2.07 bits per heavy atom. The second kappa shape index (κ2) is 6.76. The highest BCUT2D eigenvalue weighted by Crippen LogP contribution is 1.93. The van der Waals surface area contributed by atoms with Gasteiger partial charge in [-0.3, -0.25) is 4.79 Å².